The van der Waals surface area contributed by atoms with E-state index >= 15 is 0 Å². The summed E-state index contributed by atoms with van der Waals surface area (Å²) in [5, 5.41) is 0. The highest BCUT2D eigenvalue weighted by Gasteiger charge is 2.41. The third-order valence-electron chi connectivity index (χ3n) is 5.36. The fourth-order valence-corrected chi connectivity index (χ4v) is 4.04. The van der Waals surface area contributed by atoms with Gasteiger partial charge in [-0.25, -0.2) is 0 Å². The topological polar surface area (TPSA) is 6.48 Å². The van der Waals surface area contributed by atoms with E-state index in [2.05, 4.69) is 98.4 Å². The van der Waals surface area contributed by atoms with Crippen molar-refractivity contribution in [1.29, 1.82) is 0 Å². The van der Waals surface area contributed by atoms with Crippen molar-refractivity contribution >= 4 is 29.1 Å². The Bertz CT molecular complexity index is 749. The number of alkyl halides is 1. The minimum atomic E-state index is 0.0996. The minimum Gasteiger partial charge on any atom is -0.373 e. The smallest absolute Gasteiger partial charge is 0.0565 e. The summed E-state index contributed by atoms with van der Waals surface area (Å²) in [4.78, 5) is 4.56. The van der Waals surface area contributed by atoms with Crippen LogP contribution in [-0.4, -0.2) is 32.6 Å². The molecule has 0 spiro atoms. The van der Waals surface area contributed by atoms with Gasteiger partial charge in [0.25, 0.3) is 0 Å². The van der Waals surface area contributed by atoms with Gasteiger partial charge in [0, 0.05) is 43.3 Å². The number of rotatable bonds is 5. The molecule has 0 N–H and O–H groups in total. The van der Waals surface area contributed by atoms with Crippen LogP contribution in [0.4, 0.5) is 11.4 Å². The third kappa shape index (κ3) is 3.41. The number of halogens is 1. The highest BCUT2D eigenvalue weighted by molar-refractivity contribution is 6.18. The Morgan fingerprint density at radius 2 is 1.80 bits per heavy atom. The average molecular weight is 355 g/mol. The van der Waals surface area contributed by atoms with Crippen LogP contribution in [0, 0.1) is 0 Å². The molecule has 2 aromatic carbocycles. The molecule has 1 aliphatic rings. The summed E-state index contributed by atoms with van der Waals surface area (Å²) in [7, 11) is 4.26. The van der Waals surface area contributed by atoms with Crippen LogP contribution in [0.5, 0.6) is 0 Å². The molecule has 2 nitrogen and oxygen atoms in total. The lowest BCUT2D eigenvalue weighted by Crippen LogP contribution is -2.37. The van der Waals surface area contributed by atoms with Gasteiger partial charge in [-0.15, -0.1) is 11.6 Å². The first-order valence-corrected chi connectivity index (χ1v) is 9.36. The van der Waals surface area contributed by atoms with E-state index in [-0.39, 0.29) is 5.41 Å². The summed E-state index contributed by atoms with van der Waals surface area (Å²) in [5.41, 5.74) is 5.28. The van der Waals surface area contributed by atoms with Crippen LogP contribution in [0.1, 0.15) is 25.0 Å². The number of hydrogen-bond acceptors (Lipinski definition) is 2. The van der Waals surface area contributed by atoms with Crippen molar-refractivity contribution in [1.82, 2.24) is 0 Å². The molecule has 0 fully saturated rings. The number of anilines is 2. The molecule has 3 heteroatoms. The fraction of sp³-hybridized carbons (Fsp3) is 0.364. The molecular formula is C22H27ClN2. The molecule has 1 atom stereocenters. The first-order valence-electron chi connectivity index (χ1n) is 8.83. The van der Waals surface area contributed by atoms with Crippen LogP contribution in [0.15, 0.2) is 54.6 Å². The number of hydrogen-bond donors (Lipinski definition) is 0. The van der Waals surface area contributed by atoms with E-state index in [1.165, 1.54) is 22.5 Å². The van der Waals surface area contributed by atoms with Crippen LogP contribution in [0.25, 0.3) is 6.08 Å². The molecule has 0 aromatic heterocycles. The lowest BCUT2D eigenvalue weighted by Gasteiger charge is -2.29. The van der Waals surface area contributed by atoms with E-state index < -0.39 is 0 Å². The zero-order valence-electron chi connectivity index (χ0n) is 15.5. The van der Waals surface area contributed by atoms with Crippen molar-refractivity contribution in [2.75, 3.05) is 36.3 Å². The van der Waals surface area contributed by atoms with Crippen LogP contribution in [0.3, 0.4) is 0 Å². The molecule has 0 radical (unpaired) electrons. The van der Waals surface area contributed by atoms with E-state index in [4.69, 9.17) is 11.6 Å². The van der Waals surface area contributed by atoms with Crippen molar-refractivity contribution in [3.05, 3.63) is 65.7 Å². The zero-order valence-corrected chi connectivity index (χ0v) is 16.3. The molecule has 0 bridgehead atoms. The van der Waals surface area contributed by atoms with Gasteiger partial charge < -0.3 is 9.80 Å². The molecule has 0 amide bonds. The molecule has 3 rings (SSSR count). The largest absolute Gasteiger partial charge is 0.373 e. The Morgan fingerprint density at radius 1 is 1.12 bits per heavy atom. The van der Waals surface area contributed by atoms with Gasteiger partial charge in [0.2, 0.25) is 0 Å². The van der Waals surface area contributed by atoms with E-state index in [0.29, 0.717) is 11.9 Å². The highest BCUT2D eigenvalue weighted by atomic mass is 35.5. The normalized spacial score (nSPS) is 18.6. The second-order valence-electron chi connectivity index (χ2n) is 7.36. The lowest BCUT2D eigenvalue weighted by atomic mass is 9.80. The van der Waals surface area contributed by atoms with E-state index in [1.54, 1.807) is 0 Å². The SMILES string of the molecule is CN(CCCl)c1ccc(C=CC2N(C)c3ccccc3C2(C)C)cc1. The molecule has 1 heterocycles. The molecule has 25 heavy (non-hydrogen) atoms. The van der Waals surface area contributed by atoms with Gasteiger partial charge in [0.1, 0.15) is 0 Å². The zero-order chi connectivity index (χ0) is 18.0. The van der Waals surface area contributed by atoms with E-state index in [9.17, 15) is 0 Å². The van der Waals surface area contributed by atoms with Crippen LogP contribution >= 0.6 is 11.6 Å². The molecule has 0 saturated heterocycles. The van der Waals surface area contributed by atoms with Crippen molar-refractivity contribution in [2.45, 2.75) is 25.3 Å². The summed E-state index contributed by atoms with van der Waals surface area (Å²) >= 11 is 5.82. The van der Waals surface area contributed by atoms with Gasteiger partial charge in [-0.2, -0.15) is 0 Å². The summed E-state index contributed by atoms with van der Waals surface area (Å²) in [6.45, 7) is 5.51. The van der Waals surface area contributed by atoms with Gasteiger partial charge in [0.05, 0.1) is 6.04 Å². The molecule has 132 valence electrons. The van der Waals surface area contributed by atoms with Crippen molar-refractivity contribution in [2.24, 2.45) is 0 Å². The monoisotopic (exact) mass is 354 g/mol. The number of para-hydroxylation sites is 1. The maximum Gasteiger partial charge on any atom is 0.0565 e. The van der Waals surface area contributed by atoms with Gasteiger partial charge in [0.15, 0.2) is 0 Å². The van der Waals surface area contributed by atoms with Crippen molar-refractivity contribution in [3.8, 4) is 0 Å². The van der Waals surface area contributed by atoms with Gasteiger partial charge in [-0.3, -0.25) is 0 Å². The summed E-state index contributed by atoms with van der Waals surface area (Å²) in [6.07, 6.45) is 4.57. The first kappa shape index (κ1) is 17.9. The maximum absolute atomic E-state index is 5.82. The maximum atomic E-state index is 5.82. The van der Waals surface area contributed by atoms with Crippen molar-refractivity contribution in [3.63, 3.8) is 0 Å². The van der Waals surface area contributed by atoms with Gasteiger partial charge in [-0.1, -0.05) is 56.3 Å². The third-order valence-corrected chi connectivity index (χ3v) is 5.53. The van der Waals surface area contributed by atoms with Crippen LogP contribution < -0.4 is 9.80 Å². The number of fused-ring (bicyclic) bond motifs is 1. The molecule has 1 aliphatic heterocycles. The molecule has 1 unspecified atom stereocenters. The Kier molecular flexibility index (Phi) is 5.10. The standard InChI is InChI=1S/C22H27ClN2/c1-22(2)19-7-5-6-8-20(19)25(4)21(22)14-11-17-9-12-18(13-10-17)24(3)16-15-23/h5-14,21H,15-16H2,1-4H3. The first-order chi connectivity index (χ1) is 11.9. The molecule has 0 saturated carbocycles. The average Bonchev–Trinajstić information content (AvgIpc) is 2.81. The van der Waals surface area contributed by atoms with E-state index in [0.717, 1.165) is 6.54 Å². The lowest BCUT2D eigenvalue weighted by molar-refractivity contribution is 0.489. The Labute approximate surface area is 156 Å². The highest BCUT2D eigenvalue weighted by Crippen LogP contribution is 2.44. The van der Waals surface area contributed by atoms with Crippen molar-refractivity contribution < 1.29 is 0 Å². The Morgan fingerprint density at radius 3 is 2.44 bits per heavy atom. The Hall–Kier alpha value is -1.93. The Balaban J connectivity index is 1.78. The quantitative estimate of drug-likeness (QED) is 0.683. The second kappa shape index (κ2) is 7.13. The predicted octanol–water partition coefficient (Wildman–Crippen LogP) is 5.17. The van der Waals surface area contributed by atoms with Gasteiger partial charge in [-0.05, 0) is 29.3 Å². The fourth-order valence-electron chi connectivity index (χ4n) is 3.79. The summed E-state index contributed by atoms with van der Waals surface area (Å²) in [5.74, 6) is 0.641. The van der Waals surface area contributed by atoms with E-state index in [1.807, 2.05) is 0 Å². The molecular weight excluding hydrogens is 328 g/mol. The minimum absolute atomic E-state index is 0.0996. The number of benzene rings is 2. The summed E-state index contributed by atoms with van der Waals surface area (Å²) < 4.78 is 0. The second-order valence-corrected chi connectivity index (χ2v) is 7.73. The van der Waals surface area contributed by atoms with Crippen LogP contribution in [-0.2, 0) is 5.41 Å². The van der Waals surface area contributed by atoms with Crippen LogP contribution in [0.2, 0.25) is 0 Å². The number of likely N-dealkylation sites (N-methyl/N-ethyl adjacent to an activating group) is 1. The number of nitrogens with zero attached hydrogens (tertiary/aromatic N) is 2. The summed E-state index contributed by atoms with van der Waals surface area (Å²) in [6, 6.07) is 17.7. The predicted molar refractivity (Wildman–Crippen MR) is 111 cm³/mol. The molecule has 2 aromatic rings. The van der Waals surface area contributed by atoms with Gasteiger partial charge >= 0.3 is 0 Å². The molecule has 0 aliphatic carbocycles.